The van der Waals surface area contributed by atoms with Crippen molar-refractivity contribution in [2.75, 3.05) is 11.9 Å². The van der Waals surface area contributed by atoms with E-state index in [0.717, 1.165) is 18.7 Å². The number of hydrogen-bond donors (Lipinski definition) is 2. The minimum atomic E-state index is 0.0539. The number of nitrogens with one attached hydrogen (secondary N) is 2. The summed E-state index contributed by atoms with van der Waals surface area (Å²) >= 11 is 0. The highest BCUT2D eigenvalue weighted by Gasteiger charge is 2.05. The molecule has 2 aromatic carbocycles. The summed E-state index contributed by atoms with van der Waals surface area (Å²) in [5.41, 5.74) is 4.65. The molecule has 0 atom stereocenters. The third-order valence-electron chi connectivity index (χ3n) is 3.78. The Morgan fingerprint density at radius 1 is 1.00 bits per heavy atom. The van der Waals surface area contributed by atoms with E-state index in [1.165, 1.54) is 16.7 Å². The lowest BCUT2D eigenvalue weighted by molar-refractivity contribution is -0.116. The second-order valence-electron chi connectivity index (χ2n) is 5.41. The molecule has 0 aromatic heterocycles. The molecular weight excluding hydrogens is 272 g/mol. The third kappa shape index (κ3) is 4.71. The summed E-state index contributed by atoms with van der Waals surface area (Å²) in [4.78, 5) is 12.0. The van der Waals surface area contributed by atoms with Crippen molar-refractivity contribution >= 4 is 11.6 Å². The Labute approximate surface area is 132 Å². The van der Waals surface area contributed by atoms with Crippen molar-refractivity contribution in [1.29, 1.82) is 0 Å². The van der Waals surface area contributed by atoms with Crippen molar-refractivity contribution in [3.8, 4) is 0 Å². The Balaban J connectivity index is 1.75. The lowest BCUT2D eigenvalue weighted by Crippen LogP contribution is -2.22. The molecule has 3 heteroatoms. The Morgan fingerprint density at radius 2 is 1.68 bits per heavy atom. The smallest absolute Gasteiger partial charge is 0.225 e. The van der Waals surface area contributed by atoms with Crippen molar-refractivity contribution < 1.29 is 4.79 Å². The van der Waals surface area contributed by atoms with Gasteiger partial charge in [-0.25, -0.2) is 0 Å². The summed E-state index contributed by atoms with van der Waals surface area (Å²) in [5, 5.41) is 6.32. The molecule has 0 saturated carbocycles. The van der Waals surface area contributed by atoms with Crippen LogP contribution in [0.15, 0.2) is 48.5 Å². The van der Waals surface area contributed by atoms with Gasteiger partial charge in [-0.05, 0) is 36.1 Å². The van der Waals surface area contributed by atoms with Crippen LogP contribution in [-0.2, 0) is 17.8 Å². The molecule has 0 heterocycles. The van der Waals surface area contributed by atoms with E-state index in [1.54, 1.807) is 0 Å². The summed E-state index contributed by atoms with van der Waals surface area (Å²) in [5.74, 6) is 0.0539. The zero-order valence-corrected chi connectivity index (χ0v) is 13.4. The van der Waals surface area contributed by atoms with E-state index < -0.39 is 0 Å². The van der Waals surface area contributed by atoms with Crippen LogP contribution in [0.3, 0.4) is 0 Å². The first-order chi connectivity index (χ1) is 10.7. The fourth-order valence-corrected chi connectivity index (χ4v) is 2.40. The van der Waals surface area contributed by atoms with Gasteiger partial charge >= 0.3 is 0 Å². The molecule has 0 aliphatic heterocycles. The van der Waals surface area contributed by atoms with Crippen LogP contribution >= 0.6 is 0 Å². The van der Waals surface area contributed by atoms with Crippen molar-refractivity contribution in [3.05, 3.63) is 65.2 Å². The molecule has 0 fully saturated rings. The molecule has 0 aliphatic rings. The van der Waals surface area contributed by atoms with E-state index in [-0.39, 0.29) is 5.91 Å². The first-order valence-electron chi connectivity index (χ1n) is 7.83. The van der Waals surface area contributed by atoms with Gasteiger partial charge in [-0.2, -0.15) is 0 Å². The fraction of sp³-hybridized carbons (Fsp3) is 0.316. The maximum atomic E-state index is 12.0. The van der Waals surface area contributed by atoms with Crippen LogP contribution in [0.1, 0.15) is 30.0 Å². The second kappa shape index (κ2) is 8.35. The highest BCUT2D eigenvalue weighted by atomic mass is 16.1. The van der Waals surface area contributed by atoms with Gasteiger partial charge in [0.05, 0.1) is 0 Å². The number of benzene rings is 2. The summed E-state index contributed by atoms with van der Waals surface area (Å²) in [6, 6.07) is 16.2. The van der Waals surface area contributed by atoms with E-state index in [9.17, 15) is 4.79 Å². The average Bonchev–Trinajstić information content (AvgIpc) is 2.53. The number of amides is 1. The van der Waals surface area contributed by atoms with E-state index >= 15 is 0 Å². The van der Waals surface area contributed by atoms with Crippen molar-refractivity contribution in [2.24, 2.45) is 0 Å². The molecule has 2 N–H and O–H groups in total. The topological polar surface area (TPSA) is 41.1 Å². The van der Waals surface area contributed by atoms with Gasteiger partial charge in [0.15, 0.2) is 0 Å². The number of carbonyl (C=O) groups is 1. The molecule has 116 valence electrons. The molecule has 3 nitrogen and oxygen atoms in total. The van der Waals surface area contributed by atoms with Gasteiger partial charge in [-0.15, -0.1) is 0 Å². The number of para-hydroxylation sites is 1. The van der Waals surface area contributed by atoms with Gasteiger partial charge in [-0.3, -0.25) is 4.79 Å². The molecule has 22 heavy (non-hydrogen) atoms. The normalized spacial score (nSPS) is 10.5. The minimum absolute atomic E-state index is 0.0539. The monoisotopic (exact) mass is 296 g/mol. The first kappa shape index (κ1) is 16.2. The summed E-state index contributed by atoms with van der Waals surface area (Å²) < 4.78 is 0. The van der Waals surface area contributed by atoms with Gasteiger partial charge in [0.1, 0.15) is 0 Å². The van der Waals surface area contributed by atoms with Crippen molar-refractivity contribution in [3.63, 3.8) is 0 Å². The number of hydrogen-bond acceptors (Lipinski definition) is 2. The maximum absolute atomic E-state index is 12.0. The summed E-state index contributed by atoms with van der Waals surface area (Å²) in [6.07, 6.45) is 1.39. The van der Waals surface area contributed by atoms with Crippen LogP contribution in [-0.4, -0.2) is 12.5 Å². The number of anilines is 1. The molecule has 0 unspecified atom stereocenters. The van der Waals surface area contributed by atoms with E-state index in [2.05, 4.69) is 36.6 Å². The van der Waals surface area contributed by atoms with Gasteiger partial charge in [0.25, 0.3) is 0 Å². The SMILES string of the molecule is CCc1ccccc1NC(=O)CCNCc1ccccc1C. The molecule has 2 aromatic rings. The predicted octanol–water partition coefficient (Wildman–Crippen LogP) is 3.68. The molecule has 0 radical (unpaired) electrons. The van der Waals surface area contributed by atoms with Crippen molar-refractivity contribution in [1.82, 2.24) is 5.32 Å². The van der Waals surface area contributed by atoms with Gasteiger partial charge in [-0.1, -0.05) is 49.4 Å². The molecule has 0 bridgehead atoms. The Hall–Kier alpha value is -2.13. The van der Waals surface area contributed by atoms with E-state index in [1.807, 2.05) is 36.4 Å². The van der Waals surface area contributed by atoms with Gasteiger partial charge in [0.2, 0.25) is 5.91 Å². The van der Waals surface area contributed by atoms with E-state index in [4.69, 9.17) is 0 Å². The summed E-state index contributed by atoms with van der Waals surface area (Å²) in [7, 11) is 0. The first-order valence-corrected chi connectivity index (χ1v) is 7.83. The van der Waals surface area contributed by atoms with Crippen LogP contribution in [0.2, 0.25) is 0 Å². The Bertz CT molecular complexity index is 622. The summed E-state index contributed by atoms with van der Waals surface area (Å²) in [6.45, 7) is 5.67. The standard InChI is InChI=1S/C19H24N2O/c1-3-16-9-6-7-11-18(16)21-19(22)12-13-20-14-17-10-5-4-8-15(17)2/h4-11,20H,3,12-14H2,1-2H3,(H,21,22). The molecule has 0 spiro atoms. The van der Waals surface area contributed by atoms with Crippen LogP contribution in [0.5, 0.6) is 0 Å². The van der Waals surface area contributed by atoms with Crippen LogP contribution in [0.25, 0.3) is 0 Å². The third-order valence-corrected chi connectivity index (χ3v) is 3.78. The molecule has 2 rings (SSSR count). The highest BCUT2D eigenvalue weighted by Crippen LogP contribution is 2.15. The maximum Gasteiger partial charge on any atom is 0.225 e. The molecular formula is C19H24N2O. The zero-order valence-electron chi connectivity index (χ0n) is 13.4. The Kier molecular flexibility index (Phi) is 6.16. The van der Waals surface area contributed by atoms with Crippen LogP contribution in [0, 0.1) is 6.92 Å². The van der Waals surface area contributed by atoms with E-state index in [0.29, 0.717) is 13.0 Å². The molecule has 1 amide bonds. The van der Waals surface area contributed by atoms with Crippen LogP contribution in [0.4, 0.5) is 5.69 Å². The van der Waals surface area contributed by atoms with Gasteiger partial charge < -0.3 is 10.6 Å². The number of rotatable bonds is 7. The van der Waals surface area contributed by atoms with Crippen molar-refractivity contribution in [2.45, 2.75) is 33.2 Å². The number of carbonyl (C=O) groups excluding carboxylic acids is 1. The van der Waals surface area contributed by atoms with Gasteiger partial charge in [0, 0.05) is 25.2 Å². The fourth-order valence-electron chi connectivity index (χ4n) is 2.40. The minimum Gasteiger partial charge on any atom is -0.326 e. The largest absolute Gasteiger partial charge is 0.326 e. The lowest BCUT2D eigenvalue weighted by atomic mass is 10.1. The average molecular weight is 296 g/mol. The van der Waals surface area contributed by atoms with Crippen LogP contribution < -0.4 is 10.6 Å². The predicted molar refractivity (Wildman–Crippen MR) is 92.0 cm³/mol. The Morgan fingerprint density at radius 3 is 2.41 bits per heavy atom. The number of aryl methyl sites for hydroxylation is 2. The zero-order chi connectivity index (χ0) is 15.8. The lowest BCUT2D eigenvalue weighted by Gasteiger charge is -2.10. The highest BCUT2D eigenvalue weighted by molar-refractivity contribution is 5.91. The molecule has 0 aliphatic carbocycles. The molecule has 0 saturated heterocycles. The quantitative estimate of drug-likeness (QED) is 0.765. The second-order valence-corrected chi connectivity index (χ2v) is 5.41.